The van der Waals surface area contributed by atoms with Crippen molar-refractivity contribution in [2.45, 2.75) is 6.92 Å². The molecule has 0 spiro atoms. The summed E-state index contributed by atoms with van der Waals surface area (Å²) in [5, 5.41) is 0.330. The first-order valence-electron chi connectivity index (χ1n) is 3.44. The summed E-state index contributed by atoms with van der Waals surface area (Å²) in [5.41, 5.74) is 0. The average molecular weight is 200 g/mol. The number of hydrogen-bond donors (Lipinski definition) is 0. The number of aromatic nitrogens is 1. The van der Waals surface area contributed by atoms with Crippen molar-refractivity contribution >= 4 is 22.9 Å². The van der Waals surface area contributed by atoms with Crippen molar-refractivity contribution in [2.24, 2.45) is 0 Å². The van der Waals surface area contributed by atoms with Gasteiger partial charge in [-0.05, 0) is 30.7 Å². The van der Waals surface area contributed by atoms with Crippen LogP contribution in [0.15, 0.2) is 22.7 Å². The minimum absolute atomic E-state index is 0.330. The van der Waals surface area contributed by atoms with Gasteiger partial charge in [0, 0.05) is 4.88 Å². The Kier molecular flexibility index (Phi) is 1.90. The standard InChI is InChI=1S/C8H6ClNOS/c1-5-2-3-6(12-5)8-10-4-7(9)11-8/h2-4H,1H3. The third-order valence-corrected chi connectivity index (χ3v) is 2.59. The number of halogens is 1. The Bertz CT molecular complexity index is 355. The molecule has 0 aliphatic rings. The van der Waals surface area contributed by atoms with Gasteiger partial charge in [-0.25, -0.2) is 4.98 Å². The van der Waals surface area contributed by atoms with Gasteiger partial charge in [-0.2, -0.15) is 0 Å². The van der Waals surface area contributed by atoms with Crippen LogP contribution >= 0.6 is 22.9 Å². The molecule has 0 aliphatic heterocycles. The van der Waals surface area contributed by atoms with Crippen LogP contribution in [0, 0.1) is 6.92 Å². The minimum Gasteiger partial charge on any atom is -0.424 e. The molecule has 0 saturated carbocycles. The van der Waals surface area contributed by atoms with Crippen LogP contribution in [0.4, 0.5) is 0 Å². The lowest BCUT2D eigenvalue weighted by Gasteiger charge is -1.84. The molecular weight excluding hydrogens is 194 g/mol. The first kappa shape index (κ1) is 7.83. The van der Waals surface area contributed by atoms with E-state index >= 15 is 0 Å². The summed E-state index contributed by atoms with van der Waals surface area (Å²) in [6, 6.07) is 4.00. The molecule has 62 valence electrons. The average Bonchev–Trinajstić information content (AvgIpc) is 2.58. The molecule has 0 amide bonds. The lowest BCUT2D eigenvalue weighted by molar-refractivity contribution is 0.578. The van der Waals surface area contributed by atoms with Crippen LogP contribution in [-0.2, 0) is 0 Å². The van der Waals surface area contributed by atoms with Crippen LogP contribution in [0.2, 0.25) is 5.22 Å². The second kappa shape index (κ2) is 2.92. The topological polar surface area (TPSA) is 26.0 Å². The predicted molar refractivity (Wildman–Crippen MR) is 49.6 cm³/mol. The highest BCUT2D eigenvalue weighted by Gasteiger charge is 2.06. The molecule has 0 saturated heterocycles. The minimum atomic E-state index is 0.330. The highest BCUT2D eigenvalue weighted by Crippen LogP contribution is 2.28. The number of nitrogens with zero attached hydrogens (tertiary/aromatic N) is 1. The summed E-state index contributed by atoms with van der Waals surface area (Å²) in [7, 11) is 0. The Hall–Kier alpha value is -0.800. The van der Waals surface area contributed by atoms with Crippen LogP contribution in [0.25, 0.3) is 10.8 Å². The number of aryl methyl sites for hydroxylation is 1. The Balaban J connectivity index is 2.43. The molecule has 0 aromatic carbocycles. The van der Waals surface area contributed by atoms with Crippen molar-refractivity contribution in [1.82, 2.24) is 4.98 Å². The van der Waals surface area contributed by atoms with Gasteiger partial charge in [0.05, 0.1) is 11.1 Å². The van der Waals surface area contributed by atoms with Crippen molar-refractivity contribution in [2.75, 3.05) is 0 Å². The molecule has 4 heteroatoms. The second-order valence-corrected chi connectivity index (χ2v) is 4.04. The number of thiophene rings is 1. The zero-order valence-electron chi connectivity index (χ0n) is 6.37. The molecule has 2 aromatic rings. The van der Waals surface area contributed by atoms with E-state index in [4.69, 9.17) is 16.0 Å². The van der Waals surface area contributed by atoms with E-state index in [1.807, 2.05) is 19.1 Å². The smallest absolute Gasteiger partial charge is 0.238 e. The van der Waals surface area contributed by atoms with Gasteiger partial charge in [0.2, 0.25) is 11.1 Å². The maximum absolute atomic E-state index is 5.59. The zero-order chi connectivity index (χ0) is 8.55. The SMILES string of the molecule is Cc1ccc(-c2ncc(Cl)o2)s1. The maximum Gasteiger partial charge on any atom is 0.238 e. The summed E-state index contributed by atoms with van der Waals surface area (Å²) in [5.74, 6) is 0.595. The molecule has 0 unspecified atom stereocenters. The van der Waals surface area contributed by atoms with Gasteiger partial charge in [0.1, 0.15) is 0 Å². The number of rotatable bonds is 1. The van der Waals surface area contributed by atoms with Crippen LogP contribution < -0.4 is 0 Å². The summed E-state index contributed by atoms with van der Waals surface area (Å²) in [4.78, 5) is 6.26. The summed E-state index contributed by atoms with van der Waals surface area (Å²) >= 11 is 7.23. The van der Waals surface area contributed by atoms with Crippen LogP contribution in [-0.4, -0.2) is 4.98 Å². The highest BCUT2D eigenvalue weighted by atomic mass is 35.5. The lowest BCUT2D eigenvalue weighted by Crippen LogP contribution is -1.66. The normalized spacial score (nSPS) is 10.5. The van der Waals surface area contributed by atoms with Crippen molar-refractivity contribution in [3.8, 4) is 10.8 Å². The van der Waals surface area contributed by atoms with E-state index in [1.54, 1.807) is 11.3 Å². The maximum atomic E-state index is 5.59. The highest BCUT2D eigenvalue weighted by molar-refractivity contribution is 7.15. The lowest BCUT2D eigenvalue weighted by atomic mass is 10.4. The zero-order valence-corrected chi connectivity index (χ0v) is 7.95. The third kappa shape index (κ3) is 1.38. The quantitative estimate of drug-likeness (QED) is 0.704. The van der Waals surface area contributed by atoms with Gasteiger partial charge in [-0.15, -0.1) is 11.3 Å². The Morgan fingerprint density at radius 1 is 1.50 bits per heavy atom. The fraction of sp³-hybridized carbons (Fsp3) is 0.125. The van der Waals surface area contributed by atoms with E-state index in [0.29, 0.717) is 11.1 Å². The molecule has 2 nitrogen and oxygen atoms in total. The molecule has 2 rings (SSSR count). The van der Waals surface area contributed by atoms with Crippen LogP contribution in [0.3, 0.4) is 0 Å². The van der Waals surface area contributed by atoms with Gasteiger partial charge in [0.15, 0.2) is 0 Å². The molecule has 0 atom stereocenters. The van der Waals surface area contributed by atoms with Gasteiger partial charge in [-0.3, -0.25) is 0 Å². The first-order valence-corrected chi connectivity index (χ1v) is 4.63. The molecule has 0 bridgehead atoms. The van der Waals surface area contributed by atoms with Crippen molar-refractivity contribution < 1.29 is 4.42 Å². The van der Waals surface area contributed by atoms with Gasteiger partial charge < -0.3 is 4.42 Å². The Morgan fingerprint density at radius 2 is 2.33 bits per heavy atom. The predicted octanol–water partition coefficient (Wildman–Crippen LogP) is 3.36. The summed E-state index contributed by atoms with van der Waals surface area (Å²) < 4.78 is 5.15. The summed E-state index contributed by atoms with van der Waals surface area (Å²) in [6.45, 7) is 2.04. The van der Waals surface area contributed by atoms with Gasteiger partial charge >= 0.3 is 0 Å². The van der Waals surface area contributed by atoms with E-state index in [1.165, 1.54) is 11.1 Å². The van der Waals surface area contributed by atoms with E-state index in [-0.39, 0.29) is 0 Å². The van der Waals surface area contributed by atoms with E-state index in [0.717, 1.165) is 4.88 Å². The molecule has 12 heavy (non-hydrogen) atoms. The monoisotopic (exact) mass is 199 g/mol. The van der Waals surface area contributed by atoms with E-state index in [9.17, 15) is 0 Å². The third-order valence-electron chi connectivity index (χ3n) is 1.43. The van der Waals surface area contributed by atoms with Gasteiger partial charge in [-0.1, -0.05) is 0 Å². The second-order valence-electron chi connectivity index (χ2n) is 2.38. The Morgan fingerprint density at radius 3 is 2.83 bits per heavy atom. The van der Waals surface area contributed by atoms with Crippen molar-refractivity contribution in [3.05, 3.63) is 28.4 Å². The van der Waals surface area contributed by atoms with Crippen molar-refractivity contribution in [1.29, 1.82) is 0 Å². The molecule has 0 N–H and O–H groups in total. The molecule has 0 aliphatic carbocycles. The fourth-order valence-electron chi connectivity index (χ4n) is 0.918. The Labute approximate surface area is 78.8 Å². The fourth-order valence-corrected chi connectivity index (χ4v) is 1.84. The summed E-state index contributed by atoms with van der Waals surface area (Å²) in [6.07, 6.45) is 1.51. The molecule has 0 fully saturated rings. The van der Waals surface area contributed by atoms with Crippen LogP contribution in [0.5, 0.6) is 0 Å². The number of hydrogen-bond acceptors (Lipinski definition) is 3. The van der Waals surface area contributed by atoms with Crippen molar-refractivity contribution in [3.63, 3.8) is 0 Å². The molecule has 2 aromatic heterocycles. The van der Waals surface area contributed by atoms with E-state index in [2.05, 4.69) is 4.98 Å². The largest absolute Gasteiger partial charge is 0.424 e. The first-order chi connectivity index (χ1) is 5.75. The molecule has 2 heterocycles. The number of oxazole rings is 1. The molecular formula is C8H6ClNOS. The molecule has 0 radical (unpaired) electrons. The van der Waals surface area contributed by atoms with E-state index < -0.39 is 0 Å². The van der Waals surface area contributed by atoms with Gasteiger partial charge in [0.25, 0.3) is 0 Å². The van der Waals surface area contributed by atoms with Crippen LogP contribution in [0.1, 0.15) is 4.88 Å².